The van der Waals surface area contributed by atoms with Crippen molar-refractivity contribution in [2.75, 3.05) is 5.32 Å². The Labute approximate surface area is 151 Å². The number of halogens is 4. The first-order valence-electron chi connectivity index (χ1n) is 7.83. The SMILES string of the molecule is O=C(NCc1ccc(F)cc1)Nc1cc(C(F)(F)F)ccc1-n1cccn1. The van der Waals surface area contributed by atoms with Crippen LogP contribution in [0.15, 0.2) is 60.9 Å². The number of amides is 2. The van der Waals surface area contributed by atoms with Crippen molar-refractivity contribution in [2.24, 2.45) is 0 Å². The van der Waals surface area contributed by atoms with Gasteiger partial charge in [-0.25, -0.2) is 13.9 Å². The van der Waals surface area contributed by atoms with E-state index in [1.165, 1.54) is 41.2 Å². The summed E-state index contributed by atoms with van der Waals surface area (Å²) in [6, 6.07) is 9.38. The van der Waals surface area contributed by atoms with E-state index in [2.05, 4.69) is 15.7 Å². The van der Waals surface area contributed by atoms with E-state index < -0.39 is 23.6 Å². The quantitative estimate of drug-likeness (QED) is 0.663. The number of alkyl halides is 3. The predicted molar refractivity (Wildman–Crippen MR) is 90.8 cm³/mol. The van der Waals surface area contributed by atoms with E-state index in [9.17, 15) is 22.4 Å². The van der Waals surface area contributed by atoms with Crippen molar-refractivity contribution in [3.05, 3.63) is 77.9 Å². The average Bonchev–Trinajstić information content (AvgIpc) is 3.15. The van der Waals surface area contributed by atoms with Gasteiger partial charge in [-0.3, -0.25) is 0 Å². The highest BCUT2D eigenvalue weighted by Crippen LogP contribution is 2.33. The zero-order valence-electron chi connectivity index (χ0n) is 13.8. The van der Waals surface area contributed by atoms with Gasteiger partial charge in [0.1, 0.15) is 5.82 Å². The molecule has 0 aliphatic carbocycles. The van der Waals surface area contributed by atoms with Crippen LogP contribution < -0.4 is 10.6 Å². The lowest BCUT2D eigenvalue weighted by molar-refractivity contribution is -0.137. The highest BCUT2D eigenvalue weighted by Gasteiger charge is 2.31. The second-order valence-electron chi connectivity index (χ2n) is 5.61. The molecule has 0 fully saturated rings. The van der Waals surface area contributed by atoms with Crippen LogP contribution in [0.25, 0.3) is 5.69 Å². The summed E-state index contributed by atoms with van der Waals surface area (Å²) in [4.78, 5) is 12.1. The third-order valence-corrected chi connectivity index (χ3v) is 3.69. The van der Waals surface area contributed by atoms with Gasteiger partial charge < -0.3 is 10.6 Å². The molecule has 140 valence electrons. The standard InChI is InChI=1S/C18H14F4N4O/c19-14-5-2-12(3-6-14)11-23-17(27)25-15-10-13(18(20,21)22)4-7-16(15)26-9-1-8-24-26/h1-10H,11H2,(H2,23,25,27). The van der Waals surface area contributed by atoms with Crippen molar-refractivity contribution in [3.8, 4) is 5.69 Å². The maximum atomic E-state index is 13.0. The predicted octanol–water partition coefficient (Wildman–Crippen LogP) is 4.35. The molecule has 5 nitrogen and oxygen atoms in total. The van der Waals surface area contributed by atoms with Crippen LogP contribution in [0.4, 0.5) is 28.0 Å². The maximum Gasteiger partial charge on any atom is 0.416 e. The number of rotatable bonds is 4. The van der Waals surface area contributed by atoms with Gasteiger partial charge in [0.05, 0.1) is 16.9 Å². The molecule has 1 aromatic heterocycles. The van der Waals surface area contributed by atoms with Gasteiger partial charge in [0.2, 0.25) is 0 Å². The molecule has 9 heteroatoms. The van der Waals surface area contributed by atoms with Gasteiger partial charge >= 0.3 is 12.2 Å². The monoisotopic (exact) mass is 378 g/mol. The van der Waals surface area contributed by atoms with Crippen molar-refractivity contribution in [2.45, 2.75) is 12.7 Å². The first-order valence-corrected chi connectivity index (χ1v) is 7.83. The molecule has 0 aliphatic heterocycles. The Bertz CT molecular complexity index is 922. The molecule has 0 bridgehead atoms. The fourth-order valence-electron chi connectivity index (χ4n) is 2.37. The molecule has 3 rings (SSSR count). The van der Waals surface area contributed by atoms with Crippen LogP contribution in [-0.2, 0) is 12.7 Å². The molecule has 2 aromatic carbocycles. The van der Waals surface area contributed by atoms with E-state index in [4.69, 9.17) is 0 Å². The number of carbonyl (C=O) groups is 1. The molecule has 2 amide bonds. The van der Waals surface area contributed by atoms with E-state index >= 15 is 0 Å². The Morgan fingerprint density at radius 1 is 1.11 bits per heavy atom. The minimum atomic E-state index is -4.55. The number of aromatic nitrogens is 2. The third-order valence-electron chi connectivity index (χ3n) is 3.69. The Morgan fingerprint density at radius 3 is 2.48 bits per heavy atom. The summed E-state index contributed by atoms with van der Waals surface area (Å²) in [6.07, 6.45) is -1.54. The topological polar surface area (TPSA) is 59.0 Å². The van der Waals surface area contributed by atoms with E-state index in [1.54, 1.807) is 12.3 Å². The van der Waals surface area contributed by atoms with Crippen molar-refractivity contribution in [1.29, 1.82) is 0 Å². The lowest BCUT2D eigenvalue weighted by Gasteiger charge is -2.15. The van der Waals surface area contributed by atoms with Crippen LogP contribution in [0, 0.1) is 5.82 Å². The number of nitrogens with one attached hydrogen (secondary N) is 2. The fourth-order valence-corrected chi connectivity index (χ4v) is 2.37. The van der Waals surface area contributed by atoms with Gasteiger partial charge in [-0.15, -0.1) is 0 Å². The highest BCUT2D eigenvalue weighted by molar-refractivity contribution is 5.91. The van der Waals surface area contributed by atoms with Crippen molar-refractivity contribution < 1.29 is 22.4 Å². The number of benzene rings is 2. The molecular formula is C18H14F4N4O. The number of hydrogen-bond donors (Lipinski definition) is 2. The summed E-state index contributed by atoms with van der Waals surface area (Å²) in [5, 5.41) is 8.90. The smallest absolute Gasteiger partial charge is 0.334 e. The first-order chi connectivity index (χ1) is 12.8. The van der Waals surface area contributed by atoms with Gasteiger partial charge in [-0.2, -0.15) is 18.3 Å². The van der Waals surface area contributed by atoms with Gasteiger partial charge in [0.25, 0.3) is 0 Å². The molecular weight excluding hydrogens is 364 g/mol. The Kier molecular flexibility index (Phi) is 5.11. The highest BCUT2D eigenvalue weighted by atomic mass is 19.4. The summed E-state index contributed by atoms with van der Waals surface area (Å²) >= 11 is 0. The van der Waals surface area contributed by atoms with E-state index in [1.807, 2.05) is 0 Å². The van der Waals surface area contributed by atoms with Gasteiger partial charge in [-0.1, -0.05) is 12.1 Å². The number of anilines is 1. The molecule has 0 radical (unpaired) electrons. The van der Waals surface area contributed by atoms with Crippen molar-refractivity contribution in [1.82, 2.24) is 15.1 Å². The van der Waals surface area contributed by atoms with Crippen LogP contribution in [0.2, 0.25) is 0 Å². The molecule has 0 aliphatic rings. The Morgan fingerprint density at radius 2 is 1.85 bits per heavy atom. The van der Waals surface area contributed by atoms with Crippen molar-refractivity contribution in [3.63, 3.8) is 0 Å². The third kappa shape index (κ3) is 4.63. The molecule has 0 atom stereocenters. The first kappa shape index (κ1) is 18.4. The number of carbonyl (C=O) groups excluding carboxylic acids is 1. The largest absolute Gasteiger partial charge is 0.416 e. The Balaban J connectivity index is 1.79. The molecule has 1 heterocycles. The minimum Gasteiger partial charge on any atom is -0.334 e. The summed E-state index contributed by atoms with van der Waals surface area (Å²) < 4.78 is 53.2. The molecule has 2 N–H and O–H groups in total. The summed E-state index contributed by atoms with van der Waals surface area (Å²) in [5.74, 6) is -0.406. The van der Waals surface area contributed by atoms with Crippen molar-refractivity contribution >= 4 is 11.7 Å². The number of nitrogens with zero attached hydrogens (tertiary/aromatic N) is 2. The normalized spacial score (nSPS) is 11.3. The fraction of sp³-hybridized carbons (Fsp3) is 0.111. The van der Waals surface area contributed by atoms with Crippen LogP contribution in [0.3, 0.4) is 0 Å². The number of hydrogen-bond acceptors (Lipinski definition) is 2. The number of urea groups is 1. The minimum absolute atomic E-state index is 0.0508. The molecule has 0 unspecified atom stereocenters. The van der Waals surface area contributed by atoms with Crippen LogP contribution in [0.1, 0.15) is 11.1 Å². The van der Waals surface area contributed by atoms with Crippen LogP contribution in [-0.4, -0.2) is 15.8 Å². The van der Waals surface area contributed by atoms with Crippen LogP contribution >= 0.6 is 0 Å². The summed E-state index contributed by atoms with van der Waals surface area (Å²) in [5.41, 5.74) is -0.0230. The summed E-state index contributed by atoms with van der Waals surface area (Å²) in [6.45, 7) is 0.0855. The average molecular weight is 378 g/mol. The molecule has 3 aromatic rings. The van der Waals surface area contributed by atoms with E-state index in [0.717, 1.165) is 12.1 Å². The zero-order valence-corrected chi connectivity index (χ0v) is 13.8. The summed E-state index contributed by atoms with van der Waals surface area (Å²) in [7, 11) is 0. The molecule has 0 saturated carbocycles. The van der Waals surface area contributed by atoms with Gasteiger partial charge in [-0.05, 0) is 42.0 Å². The Hall–Kier alpha value is -3.36. The maximum absolute atomic E-state index is 13.0. The zero-order chi connectivity index (χ0) is 19.4. The van der Waals surface area contributed by atoms with Gasteiger partial charge in [0.15, 0.2) is 0 Å². The van der Waals surface area contributed by atoms with E-state index in [-0.39, 0.29) is 17.9 Å². The second-order valence-corrected chi connectivity index (χ2v) is 5.61. The molecule has 0 spiro atoms. The lowest BCUT2D eigenvalue weighted by Crippen LogP contribution is -2.29. The lowest BCUT2D eigenvalue weighted by atomic mass is 10.1. The second kappa shape index (κ2) is 7.48. The van der Waals surface area contributed by atoms with Crippen LogP contribution in [0.5, 0.6) is 0 Å². The molecule has 0 saturated heterocycles. The van der Waals surface area contributed by atoms with Gasteiger partial charge in [0, 0.05) is 18.9 Å². The molecule has 27 heavy (non-hydrogen) atoms. The van der Waals surface area contributed by atoms with E-state index in [0.29, 0.717) is 5.56 Å².